The highest BCUT2D eigenvalue weighted by atomic mass is 16.5. The van der Waals surface area contributed by atoms with Gasteiger partial charge in [0.2, 0.25) is 0 Å². The van der Waals surface area contributed by atoms with Crippen LogP contribution in [0.1, 0.15) is 66.8 Å². The fraction of sp³-hybridized carbons (Fsp3) is 0.391. The molecule has 1 aliphatic rings. The van der Waals surface area contributed by atoms with Gasteiger partial charge in [-0.1, -0.05) is 30.5 Å². The summed E-state index contributed by atoms with van der Waals surface area (Å²) < 4.78 is 5.34. The number of esters is 1. The van der Waals surface area contributed by atoms with Crippen molar-refractivity contribution in [3.8, 4) is 0 Å². The molecular formula is C23H30N4O2. The second-order valence-corrected chi connectivity index (χ2v) is 7.66. The van der Waals surface area contributed by atoms with Crippen LogP contribution in [0.5, 0.6) is 0 Å². The maximum Gasteiger partial charge on any atom is 0.333 e. The highest BCUT2D eigenvalue weighted by Crippen LogP contribution is 2.40. The van der Waals surface area contributed by atoms with Gasteiger partial charge in [-0.15, -0.1) is 0 Å². The molecule has 2 aromatic rings. The predicted molar refractivity (Wildman–Crippen MR) is 117 cm³/mol. The number of nitrogen functional groups attached to an aromatic ring is 2. The fourth-order valence-electron chi connectivity index (χ4n) is 4.07. The van der Waals surface area contributed by atoms with Crippen molar-refractivity contribution in [3.63, 3.8) is 0 Å². The highest BCUT2D eigenvalue weighted by Gasteiger charge is 2.28. The highest BCUT2D eigenvalue weighted by molar-refractivity contribution is 5.95. The number of hydrogen-bond acceptors (Lipinski definition) is 5. The van der Waals surface area contributed by atoms with Gasteiger partial charge in [-0.2, -0.15) is 0 Å². The van der Waals surface area contributed by atoms with Crippen molar-refractivity contribution in [2.75, 3.05) is 17.7 Å². The summed E-state index contributed by atoms with van der Waals surface area (Å²) in [7, 11) is 0. The summed E-state index contributed by atoms with van der Waals surface area (Å²) in [5, 5.41) is 10.8. The van der Waals surface area contributed by atoms with Gasteiger partial charge >= 0.3 is 5.97 Å². The van der Waals surface area contributed by atoms with Crippen LogP contribution >= 0.6 is 0 Å². The first-order valence-electron chi connectivity index (χ1n) is 10.2. The first kappa shape index (κ1) is 20.7. The second kappa shape index (κ2) is 8.99. The molecule has 1 saturated carbocycles. The smallest absolute Gasteiger partial charge is 0.333 e. The lowest BCUT2D eigenvalue weighted by molar-refractivity contribution is -0.144. The number of aryl methyl sites for hydroxylation is 1. The van der Waals surface area contributed by atoms with Gasteiger partial charge in [0, 0.05) is 22.5 Å². The molecule has 0 spiro atoms. The lowest BCUT2D eigenvalue weighted by Crippen LogP contribution is -2.25. The first-order valence-corrected chi connectivity index (χ1v) is 10.2. The number of rotatable bonds is 7. The summed E-state index contributed by atoms with van der Waals surface area (Å²) in [6.07, 6.45) is 4.71. The quantitative estimate of drug-likeness (QED) is 0.243. The van der Waals surface area contributed by atoms with E-state index in [9.17, 15) is 4.79 Å². The number of benzene rings is 2. The second-order valence-electron chi connectivity index (χ2n) is 7.66. The Labute approximate surface area is 172 Å². The SMILES string of the molecule is CCOC(=O)C(Nc1ccc(C(=N)N)cc1)c1cc(C)cc(C2CCCC2)c1N. The molecule has 3 rings (SSSR count). The Balaban J connectivity index is 1.98. The van der Waals surface area contributed by atoms with E-state index >= 15 is 0 Å². The van der Waals surface area contributed by atoms with Crippen molar-refractivity contribution < 1.29 is 9.53 Å². The maximum absolute atomic E-state index is 12.8. The Morgan fingerprint density at radius 3 is 2.48 bits per heavy atom. The van der Waals surface area contributed by atoms with E-state index in [0.717, 1.165) is 35.2 Å². The molecule has 154 valence electrons. The van der Waals surface area contributed by atoms with Crippen LogP contribution in [-0.2, 0) is 9.53 Å². The van der Waals surface area contributed by atoms with Gasteiger partial charge in [0.05, 0.1) is 6.61 Å². The molecule has 0 aromatic heterocycles. The molecule has 0 aliphatic heterocycles. The van der Waals surface area contributed by atoms with Crippen LogP contribution in [0.2, 0.25) is 0 Å². The van der Waals surface area contributed by atoms with Crippen molar-refractivity contribution in [1.82, 2.24) is 0 Å². The third kappa shape index (κ3) is 4.70. The standard InChI is InChI=1S/C23H30N4O2/c1-3-29-23(28)21(27-17-10-8-16(9-11-17)22(25)26)19-13-14(2)12-18(20(19)24)15-6-4-5-7-15/h8-13,15,21,27H,3-7,24H2,1-2H3,(H3,25,26). The molecule has 0 heterocycles. The van der Waals surface area contributed by atoms with Crippen LogP contribution in [0.25, 0.3) is 0 Å². The number of hydrogen-bond donors (Lipinski definition) is 4. The topological polar surface area (TPSA) is 114 Å². The summed E-state index contributed by atoms with van der Waals surface area (Å²) in [6, 6.07) is 10.5. The molecule has 1 atom stereocenters. The Bertz CT molecular complexity index is 886. The number of nitrogens with one attached hydrogen (secondary N) is 2. The summed E-state index contributed by atoms with van der Waals surface area (Å²) in [5.41, 5.74) is 17.1. The van der Waals surface area contributed by atoms with Gasteiger partial charge in [0.1, 0.15) is 5.84 Å². The number of anilines is 2. The van der Waals surface area contributed by atoms with Crippen molar-refractivity contribution in [3.05, 3.63) is 58.7 Å². The molecule has 6 heteroatoms. The monoisotopic (exact) mass is 394 g/mol. The molecule has 1 unspecified atom stereocenters. The molecule has 2 aromatic carbocycles. The minimum Gasteiger partial charge on any atom is -0.464 e. The molecule has 6 nitrogen and oxygen atoms in total. The van der Waals surface area contributed by atoms with Gasteiger partial charge in [0.15, 0.2) is 6.04 Å². The van der Waals surface area contributed by atoms with E-state index in [1.54, 1.807) is 31.2 Å². The van der Waals surface area contributed by atoms with E-state index in [1.807, 2.05) is 13.0 Å². The molecule has 6 N–H and O–H groups in total. The number of ether oxygens (including phenoxy) is 1. The number of carbonyl (C=O) groups is 1. The normalized spacial score (nSPS) is 15.1. The third-order valence-corrected chi connectivity index (χ3v) is 5.52. The van der Waals surface area contributed by atoms with E-state index in [-0.39, 0.29) is 11.8 Å². The van der Waals surface area contributed by atoms with Crippen LogP contribution in [0.3, 0.4) is 0 Å². The molecule has 0 saturated heterocycles. The Morgan fingerprint density at radius 2 is 1.90 bits per heavy atom. The molecular weight excluding hydrogens is 364 g/mol. The van der Waals surface area contributed by atoms with E-state index in [4.69, 9.17) is 21.6 Å². The average molecular weight is 395 g/mol. The fourth-order valence-corrected chi connectivity index (χ4v) is 4.07. The summed E-state index contributed by atoms with van der Waals surface area (Å²) >= 11 is 0. The lowest BCUT2D eigenvalue weighted by Gasteiger charge is -2.24. The van der Waals surface area contributed by atoms with Crippen LogP contribution in [0, 0.1) is 12.3 Å². The average Bonchev–Trinajstić information content (AvgIpc) is 3.23. The predicted octanol–water partition coefficient (Wildman–Crippen LogP) is 4.24. The van der Waals surface area contributed by atoms with Crippen LogP contribution in [-0.4, -0.2) is 18.4 Å². The van der Waals surface area contributed by atoms with E-state index in [2.05, 4.69) is 11.4 Å². The van der Waals surface area contributed by atoms with Gasteiger partial charge < -0.3 is 21.5 Å². The maximum atomic E-state index is 12.8. The van der Waals surface area contributed by atoms with Crippen molar-refractivity contribution in [1.29, 1.82) is 5.41 Å². The Morgan fingerprint density at radius 1 is 1.24 bits per heavy atom. The molecule has 0 amide bonds. The lowest BCUT2D eigenvalue weighted by atomic mass is 9.89. The van der Waals surface area contributed by atoms with Gasteiger partial charge in [-0.25, -0.2) is 4.79 Å². The zero-order chi connectivity index (χ0) is 21.0. The van der Waals surface area contributed by atoms with Crippen LogP contribution in [0.15, 0.2) is 36.4 Å². The van der Waals surface area contributed by atoms with Crippen molar-refractivity contribution in [2.24, 2.45) is 5.73 Å². The molecule has 1 aliphatic carbocycles. The third-order valence-electron chi connectivity index (χ3n) is 5.52. The van der Waals surface area contributed by atoms with Crippen molar-refractivity contribution >= 4 is 23.2 Å². The summed E-state index contributed by atoms with van der Waals surface area (Å²) in [4.78, 5) is 12.8. The minimum absolute atomic E-state index is 0.00243. The number of carbonyl (C=O) groups excluding carboxylic acids is 1. The van der Waals surface area contributed by atoms with E-state index < -0.39 is 6.04 Å². The van der Waals surface area contributed by atoms with Gasteiger partial charge in [0.25, 0.3) is 0 Å². The van der Waals surface area contributed by atoms with Gasteiger partial charge in [-0.3, -0.25) is 5.41 Å². The minimum atomic E-state index is -0.710. The largest absolute Gasteiger partial charge is 0.464 e. The number of nitrogens with two attached hydrogens (primary N) is 2. The summed E-state index contributed by atoms with van der Waals surface area (Å²) in [6.45, 7) is 4.12. The molecule has 1 fully saturated rings. The first-order chi connectivity index (χ1) is 13.9. The van der Waals surface area contributed by atoms with E-state index in [1.165, 1.54) is 12.8 Å². The Kier molecular flexibility index (Phi) is 6.42. The summed E-state index contributed by atoms with van der Waals surface area (Å²) in [5.74, 6) is 0.0896. The zero-order valence-electron chi connectivity index (χ0n) is 17.1. The van der Waals surface area contributed by atoms with Crippen LogP contribution < -0.4 is 16.8 Å². The molecule has 29 heavy (non-hydrogen) atoms. The molecule has 0 bridgehead atoms. The Hall–Kier alpha value is -3.02. The zero-order valence-corrected chi connectivity index (χ0v) is 17.1. The van der Waals surface area contributed by atoms with E-state index in [0.29, 0.717) is 23.8 Å². The molecule has 0 radical (unpaired) electrons. The number of amidine groups is 1. The van der Waals surface area contributed by atoms with Gasteiger partial charge in [-0.05, 0) is 62.4 Å². The van der Waals surface area contributed by atoms with Crippen LogP contribution in [0.4, 0.5) is 11.4 Å². The van der Waals surface area contributed by atoms with Crippen molar-refractivity contribution in [2.45, 2.75) is 51.5 Å².